The first-order valence-corrected chi connectivity index (χ1v) is 30.6. The highest BCUT2D eigenvalue weighted by atomic mass is 31.2. The maximum Gasteiger partial charge on any atom is 0.0624 e. The van der Waals surface area contributed by atoms with E-state index < -0.39 is 26.6 Å². The monoisotopic (exact) mass is 963 g/mol. The normalized spacial score (nSPS) is 20.3. The standard InChI is InChI=1S/C64H60N3P3/c1-50-53-26-23-29-57(46-53)67-70(62-38-17-7-18-39-62,63-40-19-8-20-41-63)49-64(2)47-68(58-30-9-3-10-31-58,59-32-11-4-12-33-59)65-55-27-21-24-51(44-55)42-54(50)43-52-25-22-28-56(45-52)66-69(48-64,60-34-13-5-14-35-60)61-36-15-6-16-37-61/h3-41,44-46,50,54H,42-43,47-49H2,1-2H3. The summed E-state index contributed by atoms with van der Waals surface area (Å²) in [6, 6.07) is 95.8. The van der Waals surface area contributed by atoms with Crippen molar-refractivity contribution in [1.29, 1.82) is 0 Å². The Hall–Kier alpha value is -6.33. The van der Waals surface area contributed by atoms with Crippen LogP contribution in [0.4, 0.5) is 17.1 Å². The largest absolute Gasteiger partial charge is 0.258 e. The predicted molar refractivity (Wildman–Crippen MR) is 305 cm³/mol. The van der Waals surface area contributed by atoms with Crippen LogP contribution < -0.4 is 31.8 Å². The van der Waals surface area contributed by atoms with E-state index in [1.54, 1.807) is 0 Å². The molecule has 0 aliphatic carbocycles. The fraction of sp³-hybridized carbons (Fsp3) is 0.156. The quantitative estimate of drug-likeness (QED) is 0.149. The lowest BCUT2D eigenvalue weighted by Gasteiger charge is -2.44. The van der Waals surface area contributed by atoms with E-state index in [1.165, 1.54) is 48.5 Å². The molecular weight excluding hydrogens is 904 g/mol. The van der Waals surface area contributed by atoms with Crippen molar-refractivity contribution in [1.82, 2.24) is 0 Å². The van der Waals surface area contributed by atoms with Crippen molar-refractivity contribution in [3.05, 3.63) is 271 Å². The Kier molecular flexibility index (Phi) is 13.0. The first kappa shape index (κ1) is 46.1. The molecule has 1 unspecified atom stereocenters. The second-order valence-corrected chi connectivity index (χ2v) is 29.1. The maximum atomic E-state index is 6.36. The fourth-order valence-electron chi connectivity index (χ4n) is 11.6. The summed E-state index contributed by atoms with van der Waals surface area (Å²) in [5, 5.41) is 7.71. The van der Waals surface area contributed by atoms with Gasteiger partial charge in [-0.3, -0.25) is 14.2 Å². The molecule has 0 spiro atoms. The topological polar surface area (TPSA) is 37.1 Å². The van der Waals surface area contributed by atoms with Crippen LogP contribution in [-0.2, 0) is 12.8 Å². The third-order valence-electron chi connectivity index (χ3n) is 14.7. The molecule has 70 heavy (non-hydrogen) atoms. The first-order valence-electron chi connectivity index (χ1n) is 24.8. The van der Waals surface area contributed by atoms with Gasteiger partial charge in [-0.1, -0.05) is 232 Å². The average Bonchev–Trinajstić information content (AvgIpc) is 3.41. The highest BCUT2D eigenvalue weighted by Gasteiger charge is 2.45. The van der Waals surface area contributed by atoms with Gasteiger partial charge in [-0.2, -0.15) is 0 Å². The molecule has 12 rings (SSSR count). The Balaban J connectivity index is 1.36. The Morgan fingerprint density at radius 3 is 0.943 bits per heavy atom. The lowest BCUT2D eigenvalue weighted by molar-refractivity contribution is 0.440. The molecule has 3 aliphatic heterocycles. The van der Waals surface area contributed by atoms with Crippen LogP contribution in [0.25, 0.3) is 0 Å². The summed E-state index contributed by atoms with van der Waals surface area (Å²) in [6.45, 7) is 5.05. The van der Waals surface area contributed by atoms with E-state index in [-0.39, 0.29) is 11.8 Å². The summed E-state index contributed by atoms with van der Waals surface area (Å²) < 4.78 is 19.1. The molecule has 0 amide bonds. The van der Waals surface area contributed by atoms with Gasteiger partial charge in [0, 0.05) is 21.2 Å². The summed E-state index contributed by atoms with van der Waals surface area (Å²) in [5.74, 6) is 0.502. The molecule has 0 saturated heterocycles. The minimum absolute atomic E-state index is 0.226. The molecule has 0 aromatic heterocycles. The zero-order chi connectivity index (χ0) is 47.4. The highest BCUT2D eigenvalue weighted by Crippen LogP contribution is 2.65. The Bertz CT molecular complexity index is 3130. The van der Waals surface area contributed by atoms with Crippen molar-refractivity contribution in [2.24, 2.45) is 25.6 Å². The molecule has 1 atom stereocenters. The fourth-order valence-corrected chi connectivity index (χ4v) is 24.5. The molecule has 0 fully saturated rings. The van der Waals surface area contributed by atoms with E-state index in [1.807, 2.05) is 0 Å². The van der Waals surface area contributed by atoms with Crippen LogP contribution in [0.5, 0.6) is 0 Å². The van der Waals surface area contributed by atoms with Crippen LogP contribution in [-0.4, -0.2) is 18.5 Å². The number of benzene rings is 9. The van der Waals surface area contributed by atoms with E-state index >= 15 is 0 Å². The molecular formula is C64H60N3P3. The number of hydrogen-bond acceptors (Lipinski definition) is 3. The van der Waals surface area contributed by atoms with Crippen molar-refractivity contribution in [3.8, 4) is 0 Å². The van der Waals surface area contributed by atoms with Crippen molar-refractivity contribution in [2.45, 2.75) is 32.6 Å². The van der Waals surface area contributed by atoms with Gasteiger partial charge in [-0.25, -0.2) is 0 Å². The molecule has 0 N–H and O–H groups in total. The summed E-state index contributed by atoms with van der Waals surface area (Å²) >= 11 is 0. The molecule has 3 nitrogen and oxygen atoms in total. The molecule has 9 aromatic rings. The first-order chi connectivity index (χ1) is 34.3. The summed E-state index contributed by atoms with van der Waals surface area (Å²) in [4.78, 5) is 0. The van der Waals surface area contributed by atoms with Crippen LogP contribution in [0.1, 0.15) is 36.5 Å². The van der Waals surface area contributed by atoms with Gasteiger partial charge >= 0.3 is 0 Å². The van der Waals surface area contributed by atoms with Crippen LogP contribution in [0, 0.1) is 11.3 Å². The third kappa shape index (κ3) is 9.25. The van der Waals surface area contributed by atoms with E-state index in [0.717, 1.165) is 48.4 Å². The Morgan fingerprint density at radius 2 is 0.629 bits per heavy atom. The van der Waals surface area contributed by atoms with Gasteiger partial charge in [0.1, 0.15) is 0 Å². The summed E-state index contributed by atoms with van der Waals surface area (Å²) in [7, 11) is -8.15. The molecule has 3 heterocycles. The number of hydrogen-bond donors (Lipinski definition) is 0. The maximum absolute atomic E-state index is 6.36. The van der Waals surface area contributed by atoms with E-state index in [4.69, 9.17) is 14.2 Å². The van der Waals surface area contributed by atoms with Gasteiger partial charge in [0.05, 0.1) is 17.1 Å². The van der Waals surface area contributed by atoms with Gasteiger partial charge in [-0.05, 0) is 133 Å². The van der Waals surface area contributed by atoms with Crippen molar-refractivity contribution in [3.63, 3.8) is 0 Å². The molecule has 8 bridgehead atoms. The molecule has 3 aliphatic rings. The van der Waals surface area contributed by atoms with Crippen LogP contribution in [0.3, 0.4) is 0 Å². The van der Waals surface area contributed by atoms with Crippen LogP contribution in [0.15, 0.2) is 269 Å². The minimum Gasteiger partial charge on any atom is -0.258 e. The number of nitrogens with zero attached hydrogens (tertiary/aromatic N) is 3. The smallest absolute Gasteiger partial charge is 0.0624 e. The van der Waals surface area contributed by atoms with Gasteiger partial charge in [0.2, 0.25) is 0 Å². The summed E-state index contributed by atoms with van der Waals surface area (Å²) in [6.07, 6.45) is 4.20. The Morgan fingerprint density at radius 1 is 0.343 bits per heavy atom. The van der Waals surface area contributed by atoms with Gasteiger partial charge < -0.3 is 0 Å². The second kappa shape index (κ2) is 19.8. The van der Waals surface area contributed by atoms with Gasteiger partial charge in [-0.15, -0.1) is 0 Å². The number of fused-ring (bicyclic) bond motifs is 3. The molecule has 346 valence electrons. The molecule has 0 radical (unpaired) electrons. The molecule has 9 aromatic carbocycles. The SMILES string of the molecule is CC1c2cccc(c2)N=P(c2ccccc2)(c2ccccc2)CC2(C)CP(c3ccccc3)(c3ccccc3)=Nc3cccc(c3)CC1Cc1cccc(c1)N=P(c1ccccc1)(c1ccccc1)C2. The number of rotatable bonds is 6. The Labute approximate surface area is 415 Å². The van der Waals surface area contributed by atoms with Crippen molar-refractivity contribution >= 4 is 70.1 Å². The predicted octanol–water partition coefficient (Wildman–Crippen LogP) is 15.4. The third-order valence-corrected chi connectivity index (χ3v) is 27.0. The van der Waals surface area contributed by atoms with Crippen molar-refractivity contribution < 1.29 is 0 Å². The lowest BCUT2D eigenvalue weighted by atomic mass is 9.79. The zero-order valence-electron chi connectivity index (χ0n) is 40.1. The molecule has 6 heteroatoms. The average molecular weight is 964 g/mol. The highest BCUT2D eigenvalue weighted by molar-refractivity contribution is 7.83. The van der Waals surface area contributed by atoms with Gasteiger partial charge in [0.15, 0.2) is 0 Å². The summed E-state index contributed by atoms with van der Waals surface area (Å²) in [5.41, 5.74) is 6.63. The van der Waals surface area contributed by atoms with E-state index in [9.17, 15) is 0 Å². The van der Waals surface area contributed by atoms with Gasteiger partial charge in [0.25, 0.3) is 0 Å². The van der Waals surface area contributed by atoms with Crippen LogP contribution in [0.2, 0.25) is 0 Å². The van der Waals surface area contributed by atoms with E-state index in [2.05, 4.69) is 269 Å². The van der Waals surface area contributed by atoms with Crippen molar-refractivity contribution in [2.75, 3.05) is 18.5 Å². The lowest BCUT2D eigenvalue weighted by Crippen LogP contribution is -2.40. The van der Waals surface area contributed by atoms with E-state index in [0.29, 0.717) is 0 Å². The van der Waals surface area contributed by atoms with Crippen LogP contribution >= 0.6 is 21.2 Å². The second-order valence-electron chi connectivity index (χ2n) is 19.8. The zero-order valence-corrected chi connectivity index (χ0v) is 42.8. The molecule has 0 saturated carbocycles. The minimum atomic E-state index is -2.72.